The van der Waals surface area contributed by atoms with Gasteiger partial charge in [0.1, 0.15) is 0 Å². The summed E-state index contributed by atoms with van der Waals surface area (Å²) in [5, 5.41) is 0.411. The molecule has 0 amide bonds. The van der Waals surface area contributed by atoms with Gasteiger partial charge in [0.15, 0.2) is 0 Å². The van der Waals surface area contributed by atoms with Crippen molar-refractivity contribution in [2.75, 3.05) is 32.8 Å². The highest BCUT2D eigenvalue weighted by Gasteiger charge is 2.20. The number of nitrogens with zero attached hydrogens (tertiary/aromatic N) is 1. The molecule has 0 saturated carbocycles. The largest absolute Gasteiger partial charge is 0.379 e. The van der Waals surface area contributed by atoms with Gasteiger partial charge in [0.2, 0.25) is 10.0 Å². The van der Waals surface area contributed by atoms with Crippen LogP contribution in [0.2, 0.25) is 5.02 Å². The summed E-state index contributed by atoms with van der Waals surface area (Å²) in [6.07, 6.45) is 0. The fourth-order valence-corrected chi connectivity index (χ4v) is 3.52. The van der Waals surface area contributed by atoms with Crippen LogP contribution < -0.4 is 4.72 Å². The van der Waals surface area contributed by atoms with Gasteiger partial charge in [-0.1, -0.05) is 17.7 Å². The lowest BCUT2D eigenvalue weighted by Crippen LogP contribution is -2.47. The highest BCUT2D eigenvalue weighted by molar-refractivity contribution is 7.89. The van der Waals surface area contributed by atoms with Gasteiger partial charge in [-0.3, -0.25) is 4.90 Å². The number of ether oxygens (including phenoxy) is 1. The molecule has 0 spiro atoms. The fourth-order valence-electron chi connectivity index (χ4n) is 2.10. The molecule has 20 heavy (non-hydrogen) atoms. The summed E-state index contributed by atoms with van der Waals surface area (Å²) in [6.45, 7) is 5.44. The Kier molecular flexibility index (Phi) is 5.40. The van der Waals surface area contributed by atoms with E-state index in [0.717, 1.165) is 13.1 Å². The minimum absolute atomic E-state index is 0.132. The normalized spacial score (nSPS) is 18.9. The molecule has 1 aromatic carbocycles. The monoisotopic (exact) mass is 318 g/mol. The molecule has 0 aliphatic carbocycles. The summed E-state index contributed by atoms with van der Waals surface area (Å²) < 4.78 is 32.2. The molecule has 1 aliphatic rings. The highest BCUT2D eigenvalue weighted by atomic mass is 35.5. The van der Waals surface area contributed by atoms with E-state index in [1.807, 2.05) is 6.92 Å². The Morgan fingerprint density at radius 3 is 2.75 bits per heavy atom. The first kappa shape index (κ1) is 15.7. The number of halogens is 1. The summed E-state index contributed by atoms with van der Waals surface area (Å²) >= 11 is 5.82. The quantitative estimate of drug-likeness (QED) is 0.890. The first-order chi connectivity index (χ1) is 9.49. The SMILES string of the molecule is CC(CNS(=O)(=O)c1cccc(Cl)c1)N1CCOCC1. The maximum Gasteiger partial charge on any atom is 0.240 e. The third-order valence-corrected chi connectivity index (χ3v) is 5.00. The second-order valence-corrected chi connectivity index (χ2v) is 7.01. The topological polar surface area (TPSA) is 58.6 Å². The smallest absolute Gasteiger partial charge is 0.240 e. The van der Waals surface area contributed by atoms with Gasteiger partial charge in [0.05, 0.1) is 18.1 Å². The third-order valence-electron chi connectivity index (χ3n) is 3.34. The molecule has 1 unspecified atom stereocenters. The average molecular weight is 319 g/mol. The van der Waals surface area contributed by atoms with Crippen molar-refractivity contribution in [3.8, 4) is 0 Å². The number of morpholine rings is 1. The zero-order chi connectivity index (χ0) is 14.6. The number of hydrogen-bond donors (Lipinski definition) is 1. The van der Waals surface area contributed by atoms with Crippen LogP contribution in [0.5, 0.6) is 0 Å². The Labute approximate surface area is 124 Å². The Bertz CT molecular complexity index is 544. The molecule has 1 fully saturated rings. The van der Waals surface area contributed by atoms with E-state index in [1.54, 1.807) is 12.1 Å². The van der Waals surface area contributed by atoms with Gasteiger partial charge in [0.25, 0.3) is 0 Å². The number of benzene rings is 1. The van der Waals surface area contributed by atoms with Crippen molar-refractivity contribution < 1.29 is 13.2 Å². The van der Waals surface area contributed by atoms with Crippen molar-refractivity contribution in [1.82, 2.24) is 9.62 Å². The van der Waals surface area contributed by atoms with Crippen LogP contribution >= 0.6 is 11.6 Å². The molecule has 0 radical (unpaired) electrons. The van der Waals surface area contributed by atoms with Crippen LogP contribution in [0.4, 0.5) is 0 Å². The summed E-state index contributed by atoms with van der Waals surface area (Å²) in [6, 6.07) is 6.39. The van der Waals surface area contributed by atoms with E-state index in [2.05, 4.69) is 9.62 Å². The lowest BCUT2D eigenvalue weighted by molar-refractivity contribution is 0.0213. The molecule has 5 nitrogen and oxygen atoms in total. The molecule has 2 rings (SSSR count). The first-order valence-corrected chi connectivity index (χ1v) is 8.42. The second kappa shape index (κ2) is 6.87. The van der Waals surface area contributed by atoms with E-state index >= 15 is 0 Å². The van der Waals surface area contributed by atoms with E-state index < -0.39 is 10.0 Å². The van der Waals surface area contributed by atoms with E-state index in [4.69, 9.17) is 16.3 Å². The van der Waals surface area contributed by atoms with Crippen LogP contribution in [0.1, 0.15) is 6.92 Å². The van der Waals surface area contributed by atoms with Crippen LogP contribution in [-0.2, 0) is 14.8 Å². The van der Waals surface area contributed by atoms with Crippen molar-refractivity contribution in [1.29, 1.82) is 0 Å². The Hall–Kier alpha value is -0.660. The number of nitrogens with one attached hydrogen (secondary N) is 1. The van der Waals surface area contributed by atoms with E-state index in [-0.39, 0.29) is 10.9 Å². The summed E-state index contributed by atoms with van der Waals surface area (Å²) in [5.74, 6) is 0. The van der Waals surface area contributed by atoms with Crippen molar-refractivity contribution in [3.05, 3.63) is 29.3 Å². The maximum atomic E-state index is 12.2. The molecule has 112 valence electrons. The Morgan fingerprint density at radius 2 is 2.10 bits per heavy atom. The summed E-state index contributed by atoms with van der Waals surface area (Å²) in [7, 11) is -3.51. The maximum absolute atomic E-state index is 12.2. The van der Waals surface area contributed by atoms with Gasteiger partial charge in [-0.05, 0) is 25.1 Å². The van der Waals surface area contributed by atoms with Crippen molar-refractivity contribution in [2.24, 2.45) is 0 Å². The minimum atomic E-state index is -3.51. The first-order valence-electron chi connectivity index (χ1n) is 6.56. The zero-order valence-electron chi connectivity index (χ0n) is 11.4. The molecular weight excluding hydrogens is 300 g/mol. The van der Waals surface area contributed by atoms with Crippen LogP contribution in [0.3, 0.4) is 0 Å². The lowest BCUT2D eigenvalue weighted by Gasteiger charge is -2.32. The van der Waals surface area contributed by atoms with Gasteiger partial charge in [-0.25, -0.2) is 13.1 Å². The standard InChI is InChI=1S/C13H19ClN2O3S/c1-11(16-5-7-19-8-6-16)10-15-20(17,18)13-4-2-3-12(14)9-13/h2-4,9,11,15H,5-8,10H2,1H3. The number of rotatable bonds is 5. The zero-order valence-corrected chi connectivity index (χ0v) is 13.0. The van der Waals surface area contributed by atoms with Crippen molar-refractivity contribution in [3.63, 3.8) is 0 Å². The average Bonchev–Trinajstić information content (AvgIpc) is 2.46. The van der Waals surface area contributed by atoms with Gasteiger partial charge in [-0.2, -0.15) is 0 Å². The molecule has 1 aliphatic heterocycles. The van der Waals surface area contributed by atoms with Crippen LogP contribution in [0.25, 0.3) is 0 Å². The molecule has 1 N–H and O–H groups in total. The number of hydrogen-bond acceptors (Lipinski definition) is 4. The highest BCUT2D eigenvalue weighted by Crippen LogP contribution is 2.15. The van der Waals surface area contributed by atoms with Crippen LogP contribution in [0.15, 0.2) is 29.2 Å². The molecule has 0 aromatic heterocycles. The molecule has 1 heterocycles. The van der Waals surface area contributed by atoms with Crippen LogP contribution in [-0.4, -0.2) is 52.2 Å². The predicted octanol–water partition coefficient (Wildman–Crippen LogP) is 1.34. The van der Waals surface area contributed by atoms with Crippen LogP contribution in [0, 0.1) is 0 Å². The molecule has 7 heteroatoms. The second-order valence-electron chi connectivity index (χ2n) is 4.81. The molecule has 1 aromatic rings. The van der Waals surface area contributed by atoms with E-state index in [0.29, 0.717) is 24.8 Å². The van der Waals surface area contributed by atoms with Gasteiger partial charge >= 0.3 is 0 Å². The van der Waals surface area contributed by atoms with Gasteiger partial charge < -0.3 is 4.74 Å². The number of sulfonamides is 1. The Morgan fingerprint density at radius 1 is 1.40 bits per heavy atom. The molecule has 1 atom stereocenters. The van der Waals surface area contributed by atoms with E-state index in [1.165, 1.54) is 12.1 Å². The summed E-state index contributed by atoms with van der Waals surface area (Å²) in [5.41, 5.74) is 0. The van der Waals surface area contributed by atoms with E-state index in [9.17, 15) is 8.42 Å². The third kappa shape index (κ3) is 4.17. The lowest BCUT2D eigenvalue weighted by atomic mass is 10.2. The van der Waals surface area contributed by atoms with Gasteiger partial charge in [-0.15, -0.1) is 0 Å². The molecular formula is C13H19ClN2O3S. The fraction of sp³-hybridized carbons (Fsp3) is 0.538. The molecule has 1 saturated heterocycles. The Balaban J connectivity index is 1.95. The predicted molar refractivity (Wildman–Crippen MR) is 78.5 cm³/mol. The summed E-state index contributed by atoms with van der Waals surface area (Å²) in [4.78, 5) is 2.41. The van der Waals surface area contributed by atoms with Crippen molar-refractivity contribution in [2.45, 2.75) is 17.9 Å². The van der Waals surface area contributed by atoms with Gasteiger partial charge in [0, 0.05) is 30.7 Å². The molecule has 0 bridgehead atoms. The van der Waals surface area contributed by atoms with Crippen molar-refractivity contribution >= 4 is 21.6 Å². The minimum Gasteiger partial charge on any atom is -0.379 e.